The van der Waals surface area contributed by atoms with E-state index >= 15 is 0 Å². The third-order valence-electron chi connectivity index (χ3n) is 4.14. The fraction of sp³-hybridized carbons (Fsp3) is 0.500. The van der Waals surface area contributed by atoms with Crippen molar-refractivity contribution in [2.75, 3.05) is 13.2 Å². The lowest BCUT2D eigenvalue weighted by Crippen LogP contribution is -2.44. The summed E-state index contributed by atoms with van der Waals surface area (Å²) in [5.74, 6) is 0.418. The molecule has 2 rings (SSSR count). The van der Waals surface area contributed by atoms with Crippen molar-refractivity contribution in [3.63, 3.8) is 0 Å². The van der Waals surface area contributed by atoms with Crippen molar-refractivity contribution >= 4 is 23.6 Å². The summed E-state index contributed by atoms with van der Waals surface area (Å²) in [4.78, 5) is 28.8. The molecular formula is C20H28ClN5O3. The Morgan fingerprint density at radius 3 is 2.59 bits per heavy atom. The number of hydrogen-bond donors (Lipinski definition) is 2. The first-order valence-electron chi connectivity index (χ1n) is 9.62. The zero-order chi connectivity index (χ0) is 21.6. The first kappa shape index (κ1) is 22.7. The van der Waals surface area contributed by atoms with E-state index in [0.717, 1.165) is 11.4 Å². The van der Waals surface area contributed by atoms with E-state index < -0.39 is 12.0 Å². The molecule has 2 heterocycles. The maximum atomic E-state index is 12.7. The van der Waals surface area contributed by atoms with Crippen LogP contribution in [0.5, 0.6) is 0 Å². The Balaban J connectivity index is 2.13. The Kier molecular flexibility index (Phi) is 8.01. The van der Waals surface area contributed by atoms with Gasteiger partial charge in [0.2, 0.25) is 0 Å². The molecule has 9 heteroatoms. The molecule has 0 saturated carbocycles. The van der Waals surface area contributed by atoms with E-state index in [1.54, 1.807) is 23.7 Å². The molecule has 0 saturated heterocycles. The minimum Gasteiger partial charge on any atom is -0.450 e. The third kappa shape index (κ3) is 6.45. The SMILES string of the molecule is CCOC(=O)NC(CNC(=O)c1nc(-n2nc(C)cc2C)ccc1Cl)CC(C)C. The Labute approximate surface area is 176 Å². The Bertz CT molecular complexity index is 866. The molecule has 0 fully saturated rings. The number of amides is 2. The molecule has 158 valence electrons. The zero-order valence-corrected chi connectivity index (χ0v) is 18.2. The van der Waals surface area contributed by atoms with Crippen molar-refractivity contribution < 1.29 is 14.3 Å². The molecule has 29 heavy (non-hydrogen) atoms. The average Bonchev–Trinajstić information content (AvgIpc) is 2.97. The van der Waals surface area contributed by atoms with Gasteiger partial charge in [-0.15, -0.1) is 0 Å². The Morgan fingerprint density at radius 2 is 2.00 bits per heavy atom. The Hall–Kier alpha value is -2.61. The topological polar surface area (TPSA) is 98.1 Å². The molecule has 1 atom stereocenters. The molecule has 0 aromatic carbocycles. The van der Waals surface area contributed by atoms with Gasteiger partial charge in [-0.1, -0.05) is 25.4 Å². The molecule has 2 N–H and O–H groups in total. The van der Waals surface area contributed by atoms with Crippen molar-refractivity contribution in [3.8, 4) is 5.82 Å². The summed E-state index contributed by atoms with van der Waals surface area (Å²) in [6.45, 7) is 10.1. The molecule has 0 aliphatic rings. The van der Waals surface area contributed by atoms with E-state index in [0.29, 0.717) is 18.2 Å². The summed E-state index contributed by atoms with van der Waals surface area (Å²) < 4.78 is 6.60. The average molecular weight is 422 g/mol. The normalized spacial score (nSPS) is 12.0. The van der Waals surface area contributed by atoms with Gasteiger partial charge in [0, 0.05) is 18.3 Å². The van der Waals surface area contributed by atoms with Gasteiger partial charge < -0.3 is 15.4 Å². The molecule has 0 spiro atoms. The summed E-state index contributed by atoms with van der Waals surface area (Å²) in [6, 6.07) is 4.99. The van der Waals surface area contributed by atoms with Crippen LogP contribution in [0, 0.1) is 19.8 Å². The van der Waals surface area contributed by atoms with Crippen LogP contribution < -0.4 is 10.6 Å². The molecule has 8 nitrogen and oxygen atoms in total. The number of ether oxygens (including phenoxy) is 1. The van der Waals surface area contributed by atoms with Crippen molar-refractivity contribution in [1.82, 2.24) is 25.4 Å². The number of aromatic nitrogens is 3. The standard InChI is InChI=1S/C20H28ClN5O3/c1-6-29-20(28)23-15(9-12(2)3)11-22-19(27)18-16(21)7-8-17(24-18)26-14(5)10-13(4)25-26/h7-8,10,12,15H,6,9,11H2,1-5H3,(H,22,27)(H,23,28). The fourth-order valence-corrected chi connectivity index (χ4v) is 3.16. The lowest BCUT2D eigenvalue weighted by molar-refractivity contribution is 0.0939. The van der Waals surface area contributed by atoms with E-state index in [-0.39, 0.29) is 29.9 Å². The van der Waals surface area contributed by atoms with E-state index in [4.69, 9.17) is 16.3 Å². The molecule has 1 unspecified atom stereocenters. The van der Waals surface area contributed by atoms with Gasteiger partial charge in [-0.25, -0.2) is 14.5 Å². The second kappa shape index (κ2) is 10.2. The number of rotatable bonds is 8. The van der Waals surface area contributed by atoms with Crippen LogP contribution in [0.3, 0.4) is 0 Å². The summed E-state index contributed by atoms with van der Waals surface area (Å²) in [5.41, 5.74) is 1.86. The van der Waals surface area contributed by atoms with E-state index in [2.05, 4.69) is 20.7 Å². The number of alkyl carbamates (subject to hydrolysis) is 1. The largest absolute Gasteiger partial charge is 0.450 e. The Morgan fingerprint density at radius 1 is 1.28 bits per heavy atom. The van der Waals surface area contributed by atoms with Crippen LogP contribution in [-0.4, -0.2) is 46.0 Å². The lowest BCUT2D eigenvalue weighted by Gasteiger charge is -2.20. The molecular weight excluding hydrogens is 394 g/mol. The van der Waals surface area contributed by atoms with Crippen molar-refractivity contribution in [3.05, 3.63) is 40.3 Å². The predicted molar refractivity (Wildman–Crippen MR) is 112 cm³/mol. The van der Waals surface area contributed by atoms with Gasteiger partial charge in [0.05, 0.1) is 17.3 Å². The van der Waals surface area contributed by atoms with Gasteiger partial charge in [0.25, 0.3) is 5.91 Å². The number of nitrogens with one attached hydrogen (secondary N) is 2. The van der Waals surface area contributed by atoms with E-state index in [1.165, 1.54) is 0 Å². The number of hydrogen-bond acceptors (Lipinski definition) is 5. The van der Waals surface area contributed by atoms with Crippen LogP contribution in [0.4, 0.5) is 4.79 Å². The quantitative estimate of drug-likeness (QED) is 0.680. The van der Waals surface area contributed by atoms with E-state index in [9.17, 15) is 9.59 Å². The van der Waals surface area contributed by atoms with Crippen molar-refractivity contribution in [1.29, 1.82) is 0 Å². The summed E-state index contributed by atoms with van der Waals surface area (Å²) >= 11 is 6.21. The van der Waals surface area contributed by atoms with Crippen LogP contribution in [0.2, 0.25) is 5.02 Å². The van der Waals surface area contributed by atoms with Crippen molar-refractivity contribution in [2.24, 2.45) is 5.92 Å². The maximum absolute atomic E-state index is 12.7. The van der Waals surface area contributed by atoms with Crippen molar-refractivity contribution in [2.45, 2.75) is 47.1 Å². The monoisotopic (exact) mass is 421 g/mol. The first-order chi connectivity index (χ1) is 13.7. The van der Waals surface area contributed by atoms with Gasteiger partial charge >= 0.3 is 6.09 Å². The van der Waals surface area contributed by atoms with Gasteiger partial charge in [-0.2, -0.15) is 5.10 Å². The third-order valence-corrected chi connectivity index (χ3v) is 4.44. The summed E-state index contributed by atoms with van der Waals surface area (Å²) in [7, 11) is 0. The highest BCUT2D eigenvalue weighted by Gasteiger charge is 2.19. The number of halogens is 1. The highest BCUT2D eigenvalue weighted by molar-refractivity contribution is 6.33. The predicted octanol–water partition coefficient (Wildman–Crippen LogP) is 3.43. The van der Waals surface area contributed by atoms with Gasteiger partial charge in [0.15, 0.2) is 5.82 Å². The first-order valence-corrected chi connectivity index (χ1v) is 10.0. The van der Waals surface area contributed by atoms with Crippen LogP contribution in [-0.2, 0) is 4.74 Å². The minimum atomic E-state index is -0.505. The zero-order valence-electron chi connectivity index (χ0n) is 17.5. The second-order valence-corrected chi connectivity index (χ2v) is 7.65. The highest BCUT2D eigenvalue weighted by Crippen LogP contribution is 2.18. The van der Waals surface area contributed by atoms with Crippen LogP contribution in [0.1, 0.15) is 49.1 Å². The number of carbonyl (C=O) groups is 2. The van der Waals surface area contributed by atoms with Gasteiger partial charge in [0.1, 0.15) is 5.69 Å². The molecule has 2 aromatic rings. The lowest BCUT2D eigenvalue weighted by atomic mass is 10.0. The van der Waals surface area contributed by atoms with Crippen LogP contribution in [0.15, 0.2) is 18.2 Å². The van der Waals surface area contributed by atoms with Gasteiger partial charge in [-0.05, 0) is 51.3 Å². The molecule has 0 bridgehead atoms. The summed E-state index contributed by atoms with van der Waals surface area (Å²) in [6.07, 6.45) is 0.182. The number of carbonyl (C=O) groups excluding carboxylic acids is 2. The number of pyridine rings is 1. The smallest absolute Gasteiger partial charge is 0.407 e. The second-order valence-electron chi connectivity index (χ2n) is 7.24. The molecule has 2 amide bonds. The molecule has 0 aliphatic heterocycles. The van der Waals surface area contributed by atoms with Crippen LogP contribution in [0.25, 0.3) is 5.82 Å². The fourth-order valence-electron chi connectivity index (χ4n) is 2.97. The number of aryl methyl sites for hydroxylation is 2. The van der Waals surface area contributed by atoms with E-state index in [1.807, 2.05) is 33.8 Å². The highest BCUT2D eigenvalue weighted by atomic mass is 35.5. The number of nitrogens with zero attached hydrogens (tertiary/aromatic N) is 3. The molecule has 0 radical (unpaired) electrons. The van der Waals surface area contributed by atoms with Crippen LogP contribution >= 0.6 is 11.6 Å². The minimum absolute atomic E-state index is 0.108. The molecule has 0 aliphatic carbocycles. The maximum Gasteiger partial charge on any atom is 0.407 e. The molecule has 2 aromatic heterocycles. The van der Waals surface area contributed by atoms with Gasteiger partial charge in [-0.3, -0.25) is 4.79 Å². The summed E-state index contributed by atoms with van der Waals surface area (Å²) in [5, 5.41) is 10.2.